The summed E-state index contributed by atoms with van der Waals surface area (Å²) in [5.74, 6) is -1.15. The number of hydrogen-bond acceptors (Lipinski definition) is 4. The van der Waals surface area contributed by atoms with Crippen molar-refractivity contribution >= 4 is 17.0 Å². The van der Waals surface area contributed by atoms with Gasteiger partial charge in [-0.05, 0) is 6.07 Å². The number of nitrogens with zero attached hydrogens (tertiary/aromatic N) is 2. The summed E-state index contributed by atoms with van der Waals surface area (Å²) in [6.45, 7) is 0. The second-order valence-electron chi connectivity index (χ2n) is 2.61. The lowest BCUT2D eigenvalue weighted by Gasteiger charge is -1.93. The number of esters is 1. The highest BCUT2D eigenvalue weighted by Gasteiger charge is 2.15. The van der Waals surface area contributed by atoms with E-state index >= 15 is 0 Å². The smallest absolute Gasteiger partial charge is 0.359 e. The molecule has 0 unspecified atom stereocenters. The lowest BCUT2D eigenvalue weighted by atomic mass is 10.2. The fourth-order valence-electron chi connectivity index (χ4n) is 1.13. The van der Waals surface area contributed by atoms with Crippen molar-refractivity contribution in [3.05, 3.63) is 23.8 Å². The Balaban J connectivity index is 2.67. The van der Waals surface area contributed by atoms with E-state index in [9.17, 15) is 9.18 Å². The maximum atomic E-state index is 12.8. The molecule has 2 aromatic rings. The summed E-state index contributed by atoms with van der Waals surface area (Å²) in [5.41, 5.74) is 0.390. The van der Waals surface area contributed by atoms with Crippen LogP contribution in [-0.2, 0) is 4.74 Å². The van der Waals surface area contributed by atoms with Gasteiger partial charge in [0.05, 0.1) is 18.7 Å². The molecule has 0 bridgehead atoms. The largest absolute Gasteiger partial charge is 0.464 e. The number of aromatic amines is 1. The van der Waals surface area contributed by atoms with E-state index in [0.29, 0.717) is 11.0 Å². The highest BCUT2D eigenvalue weighted by Crippen LogP contribution is 2.15. The molecule has 2 rings (SSSR count). The predicted molar refractivity (Wildman–Crippen MR) is 45.2 cm³/mol. The predicted octanol–water partition coefficient (Wildman–Crippen LogP) is 0.884. The number of fused-ring (bicyclic) bond motifs is 1. The Hall–Kier alpha value is -1.98. The molecule has 0 aliphatic heterocycles. The lowest BCUT2D eigenvalue weighted by Crippen LogP contribution is -2.02. The minimum atomic E-state index is -0.622. The van der Waals surface area contributed by atoms with Gasteiger partial charge in [-0.15, -0.1) is 0 Å². The van der Waals surface area contributed by atoms with Gasteiger partial charge < -0.3 is 4.74 Å². The van der Waals surface area contributed by atoms with Gasteiger partial charge in [0, 0.05) is 0 Å². The maximum Gasteiger partial charge on any atom is 0.359 e. The molecule has 0 saturated heterocycles. The van der Waals surface area contributed by atoms with E-state index in [1.165, 1.54) is 13.2 Å². The topological polar surface area (TPSA) is 67.9 Å². The number of H-pyrrole nitrogens is 1. The van der Waals surface area contributed by atoms with E-state index < -0.39 is 11.8 Å². The fraction of sp³-hybridized carbons (Fsp3) is 0.125. The number of pyridine rings is 1. The van der Waals surface area contributed by atoms with Crippen LogP contribution in [0, 0.1) is 5.82 Å². The fourth-order valence-corrected chi connectivity index (χ4v) is 1.13. The highest BCUT2D eigenvalue weighted by molar-refractivity contribution is 6.00. The second-order valence-corrected chi connectivity index (χ2v) is 2.61. The molecule has 0 atom stereocenters. The van der Waals surface area contributed by atoms with Crippen LogP contribution in [0.5, 0.6) is 0 Å². The van der Waals surface area contributed by atoms with Crippen LogP contribution in [0.2, 0.25) is 0 Å². The number of rotatable bonds is 1. The molecule has 0 fully saturated rings. The molecule has 0 spiro atoms. The molecule has 2 aromatic heterocycles. The number of aromatic nitrogens is 3. The van der Waals surface area contributed by atoms with Gasteiger partial charge in [0.2, 0.25) is 0 Å². The Bertz CT molecular complexity index is 494. The number of halogens is 1. The maximum absolute atomic E-state index is 12.8. The first-order valence-corrected chi connectivity index (χ1v) is 3.80. The van der Waals surface area contributed by atoms with Crippen molar-refractivity contribution in [2.24, 2.45) is 0 Å². The van der Waals surface area contributed by atoms with Crippen LogP contribution in [-0.4, -0.2) is 28.3 Å². The van der Waals surface area contributed by atoms with Crippen LogP contribution in [0.25, 0.3) is 11.0 Å². The molecule has 2 heterocycles. The van der Waals surface area contributed by atoms with Gasteiger partial charge in [0.15, 0.2) is 11.3 Å². The number of carbonyl (C=O) groups is 1. The van der Waals surface area contributed by atoms with E-state index in [0.717, 1.165) is 6.20 Å². The van der Waals surface area contributed by atoms with Crippen molar-refractivity contribution in [3.63, 3.8) is 0 Å². The zero-order valence-electron chi connectivity index (χ0n) is 7.24. The first-order valence-electron chi connectivity index (χ1n) is 3.80. The molecule has 14 heavy (non-hydrogen) atoms. The van der Waals surface area contributed by atoms with Gasteiger partial charge in [0.25, 0.3) is 0 Å². The minimum absolute atomic E-state index is 0.0366. The van der Waals surface area contributed by atoms with Crippen molar-refractivity contribution in [1.82, 2.24) is 15.2 Å². The average Bonchev–Trinajstić information content (AvgIpc) is 2.59. The number of methoxy groups -OCH3 is 1. The third kappa shape index (κ3) is 1.20. The van der Waals surface area contributed by atoms with Crippen molar-refractivity contribution in [2.75, 3.05) is 7.11 Å². The summed E-state index contributed by atoms with van der Waals surface area (Å²) in [7, 11) is 1.23. The monoisotopic (exact) mass is 195 g/mol. The molecule has 6 heteroatoms. The molecular formula is C8H6FN3O2. The zero-order chi connectivity index (χ0) is 10.1. The third-order valence-corrected chi connectivity index (χ3v) is 1.76. The van der Waals surface area contributed by atoms with Gasteiger partial charge in [-0.3, -0.25) is 5.10 Å². The van der Waals surface area contributed by atoms with E-state index in [1.54, 1.807) is 0 Å². The summed E-state index contributed by atoms with van der Waals surface area (Å²) in [6, 6.07) is 1.18. The Morgan fingerprint density at radius 2 is 2.43 bits per heavy atom. The van der Waals surface area contributed by atoms with Gasteiger partial charge in [-0.25, -0.2) is 14.2 Å². The molecule has 5 nitrogen and oxygen atoms in total. The molecule has 1 N–H and O–H groups in total. The van der Waals surface area contributed by atoms with Crippen LogP contribution in [0.15, 0.2) is 12.3 Å². The van der Waals surface area contributed by atoms with Crippen LogP contribution < -0.4 is 0 Å². The van der Waals surface area contributed by atoms with E-state index in [4.69, 9.17) is 0 Å². The Morgan fingerprint density at radius 3 is 3.14 bits per heavy atom. The SMILES string of the molecule is COC(=O)c1n[nH]c2ncc(F)cc12. The Morgan fingerprint density at radius 1 is 1.64 bits per heavy atom. The minimum Gasteiger partial charge on any atom is -0.464 e. The lowest BCUT2D eigenvalue weighted by molar-refractivity contribution is 0.0596. The molecular weight excluding hydrogens is 189 g/mol. The van der Waals surface area contributed by atoms with Gasteiger partial charge in [-0.2, -0.15) is 5.10 Å². The van der Waals surface area contributed by atoms with Crippen molar-refractivity contribution in [2.45, 2.75) is 0 Å². The molecule has 0 aromatic carbocycles. The quantitative estimate of drug-likeness (QED) is 0.686. The molecule has 0 amide bonds. The van der Waals surface area contributed by atoms with Gasteiger partial charge >= 0.3 is 5.97 Å². The summed E-state index contributed by atoms with van der Waals surface area (Å²) in [6.07, 6.45) is 1.04. The first kappa shape index (κ1) is 8.61. The normalized spacial score (nSPS) is 10.4. The molecule has 0 aliphatic carbocycles. The van der Waals surface area contributed by atoms with Crippen LogP contribution in [0.3, 0.4) is 0 Å². The van der Waals surface area contributed by atoms with Crippen LogP contribution in [0.1, 0.15) is 10.5 Å². The third-order valence-electron chi connectivity index (χ3n) is 1.76. The average molecular weight is 195 g/mol. The van der Waals surface area contributed by atoms with Crippen molar-refractivity contribution in [1.29, 1.82) is 0 Å². The number of ether oxygens (including phenoxy) is 1. The van der Waals surface area contributed by atoms with Crippen LogP contribution in [0.4, 0.5) is 4.39 Å². The zero-order valence-corrected chi connectivity index (χ0v) is 7.24. The molecule has 0 radical (unpaired) electrons. The number of nitrogens with one attached hydrogen (secondary N) is 1. The van der Waals surface area contributed by atoms with Gasteiger partial charge in [0.1, 0.15) is 5.82 Å². The van der Waals surface area contributed by atoms with E-state index in [1.807, 2.05) is 0 Å². The number of hydrogen-bond donors (Lipinski definition) is 1. The highest BCUT2D eigenvalue weighted by atomic mass is 19.1. The molecule has 0 aliphatic rings. The van der Waals surface area contributed by atoms with Crippen molar-refractivity contribution < 1.29 is 13.9 Å². The van der Waals surface area contributed by atoms with E-state index in [2.05, 4.69) is 19.9 Å². The first-order chi connectivity index (χ1) is 6.72. The molecule has 72 valence electrons. The second kappa shape index (κ2) is 3.06. The van der Waals surface area contributed by atoms with Gasteiger partial charge in [-0.1, -0.05) is 0 Å². The Labute approximate surface area is 77.9 Å². The Kier molecular flexibility index (Phi) is 1.88. The summed E-state index contributed by atoms with van der Waals surface area (Å²) in [4.78, 5) is 14.9. The molecule has 0 saturated carbocycles. The van der Waals surface area contributed by atoms with E-state index in [-0.39, 0.29) is 5.69 Å². The van der Waals surface area contributed by atoms with Crippen LogP contribution >= 0.6 is 0 Å². The van der Waals surface area contributed by atoms with Crippen molar-refractivity contribution in [3.8, 4) is 0 Å². The summed E-state index contributed by atoms with van der Waals surface area (Å²) < 4.78 is 17.3. The number of carbonyl (C=O) groups excluding carboxylic acids is 1. The summed E-state index contributed by atoms with van der Waals surface area (Å²) in [5, 5.41) is 6.50. The summed E-state index contributed by atoms with van der Waals surface area (Å²) >= 11 is 0. The standard InChI is InChI=1S/C8H6FN3O2/c1-14-8(13)6-5-2-4(9)3-10-7(5)12-11-6/h2-3H,1H3,(H,10,11,12).